The van der Waals surface area contributed by atoms with E-state index < -0.39 is 6.61 Å². The highest BCUT2D eigenvalue weighted by Gasteiger charge is 2.16. The first-order valence-electron chi connectivity index (χ1n) is 9.46. The van der Waals surface area contributed by atoms with Crippen LogP contribution in [0.3, 0.4) is 0 Å². The molecular weight excluding hydrogens is 388 g/mol. The lowest BCUT2D eigenvalue weighted by atomic mass is 10.1. The fourth-order valence-electron chi connectivity index (χ4n) is 3.10. The number of ether oxygens (including phenoxy) is 1. The van der Waals surface area contributed by atoms with Gasteiger partial charge in [-0.25, -0.2) is 0 Å². The standard InChI is InChI=1S/C19H30ClF2N5O/c1-14(13-27-8-6-26(3)7-9-27)11-24-19(23-2)25-12-15-10-16(20)4-5-17(15)28-18(21)22/h4-5,10,14,18H,6-9,11-13H2,1-3H3,(H2,23,24,25). The molecule has 2 rings (SSSR count). The Kier molecular flexibility index (Phi) is 9.21. The van der Waals surface area contributed by atoms with Gasteiger partial charge in [-0.3, -0.25) is 4.99 Å². The number of rotatable bonds is 8. The number of piperazine rings is 1. The average Bonchev–Trinajstić information content (AvgIpc) is 2.65. The van der Waals surface area contributed by atoms with Gasteiger partial charge in [-0.2, -0.15) is 8.78 Å². The van der Waals surface area contributed by atoms with Crippen LogP contribution < -0.4 is 15.4 Å². The van der Waals surface area contributed by atoms with E-state index in [9.17, 15) is 8.78 Å². The van der Waals surface area contributed by atoms with Gasteiger partial charge in [-0.05, 0) is 31.2 Å². The van der Waals surface area contributed by atoms with Crippen LogP contribution in [0.15, 0.2) is 23.2 Å². The Morgan fingerprint density at radius 3 is 2.61 bits per heavy atom. The van der Waals surface area contributed by atoms with Gasteiger partial charge in [0, 0.05) is 63.4 Å². The lowest BCUT2D eigenvalue weighted by Crippen LogP contribution is -2.47. The smallest absolute Gasteiger partial charge is 0.387 e. The first-order chi connectivity index (χ1) is 13.4. The predicted molar refractivity (Wildman–Crippen MR) is 109 cm³/mol. The van der Waals surface area contributed by atoms with Gasteiger partial charge in [0.2, 0.25) is 0 Å². The molecule has 0 aromatic heterocycles. The number of guanidine groups is 1. The number of likely N-dealkylation sites (N-methyl/N-ethyl adjacent to an activating group) is 1. The molecule has 0 saturated carbocycles. The van der Waals surface area contributed by atoms with Crippen molar-refractivity contribution in [2.75, 3.05) is 53.4 Å². The van der Waals surface area contributed by atoms with Crippen LogP contribution in [0.5, 0.6) is 5.75 Å². The molecule has 9 heteroatoms. The zero-order valence-electron chi connectivity index (χ0n) is 16.7. The van der Waals surface area contributed by atoms with Crippen molar-refractivity contribution in [3.63, 3.8) is 0 Å². The van der Waals surface area contributed by atoms with E-state index in [1.54, 1.807) is 13.1 Å². The van der Waals surface area contributed by atoms with E-state index in [1.165, 1.54) is 12.1 Å². The molecule has 0 spiro atoms. The lowest BCUT2D eigenvalue weighted by Gasteiger charge is -2.34. The van der Waals surface area contributed by atoms with Crippen LogP contribution in [0.25, 0.3) is 0 Å². The number of nitrogens with zero attached hydrogens (tertiary/aromatic N) is 3. The fourth-order valence-corrected chi connectivity index (χ4v) is 3.30. The Hall–Kier alpha value is -1.64. The van der Waals surface area contributed by atoms with Crippen molar-refractivity contribution >= 4 is 17.6 Å². The Morgan fingerprint density at radius 2 is 1.96 bits per heavy atom. The van der Waals surface area contributed by atoms with Crippen molar-refractivity contribution in [3.05, 3.63) is 28.8 Å². The van der Waals surface area contributed by atoms with E-state index in [0.717, 1.165) is 39.3 Å². The summed E-state index contributed by atoms with van der Waals surface area (Å²) in [4.78, 5) is 9.01. The predicted octanol–water partition coefficient (Wildman–Crippen LogP) is 2.49. The molecule has 1 fully saturated rings. The van der Waals surface area contributed by atoms with Crippen LogP contribution in [0.2, 0.25) is 5.02 Å². The van der Waals surface area contributed by atoms with E-state index in [1.807, 2.05) is 0 Å². The monoisotopic (exact) mass is 417 g/mol. The first-order valence-corrected chi connectivity index (χ1v) is 9.83. The Labute approximate surface area is 170 Å². The summed E-state index contributed by atoms with van der Waals surface area (Å²) in [6, 6.07) is 4.57. The van der Waals surface area contributed by atoms with E-state index >= 15 is 0 Å². The van der Waals surface area contributed by atoms with E-state index in [0.29, 0.717) is 22.5 Å². The lowest BCUT2D eigenvalue weighted by molar-refractivity contribution is -0.0504. The quantitative estimate of drug-likeness (QED) is 0.503. The molecule has 1 atom stereocenters. The molecular formula is C19H30ClF2N5O. The number of nitrogens with one attached hydrogen (secondary N) is 2. The second-order valence-corrected chi connectivity index (χ2v) is 7.58. The maximum atomic E-state index is 12.6. The second kappa shape index (κ2) is 11.4. The molecule has 2 N–H and O–H groups in total. The third-order valence-corrected chi connectivity index (χ3v) is 4.93. The summed E-state index contributed by atoms with van der Waals surface area (Å²) in [7, 11) is 3.82. The second-order valence-electron chi connectivity index (χ2n) is 7.15. The highest BCUT2D eigenvalue weighted by atomic mass is 35.5. The molecule has 1 saturated heterocycles. The largest absolute Gasteiger partial charge is 0.434 e. The average molecular weight is 418 g/mol. The highest BCUT2D eigenvalue weighted by molar-refractivity contribution is 6.30. The van der Waals surface area contributed by atoms with Gasteiger partial charge in [-0.1, -0.05) is 18.5 Å². The molecule has 1 unspecified atom stereocenters. The third-order valence-electron chi connectivity index (χ3n) is 4.69. The van der Waals surface area contributed by atoms with Crippen molar-refractivity contribution in [1.29, 1.82) is 0 Å². The molecule has 0 radical (unpaired) electrons. The third kappa shape index (κ3) is 7.77. The van der Waals surface area contributed by atoms with Crippen molar-refractivity contribution in [2.24, 2.45) is 10.9 Å². The summed E-state index contributed by atoms with van der Waals surface area (Å²) >= 11 is 5.98. The summed E-state index contributed by atoms with van der Waals surface area (Å²) in [5.41, 5.74) is 0.543. The summed E-state index contributed by atoms with van der Waals surface area (Å²) in [5.74, 6) is 1.16. The Balaban J connectivity index is 1.80. The SMILES string of the molecule is CN=C(NCc1cc(Cl)ccc1OC(F)F)NCC(C)CN1CCN(C)CC1. The van der Waals surface area contributed by atoms with Gasteiger partial charge < -0.3 is 25.2 Å². The first kappa shape index (κ1) is 22.6. The Morgan fingerprint density at radius 1 is 1.25 bits per heavy atom. The number of alkyl halides is 2. The summed E-state index contributed by atoms with van der Waals surface area (Å²) < 4.78 is 29.7. The van der Waals surface area contributed by atoms with E-state index in [4.69, 9.17) is 11.6 Å². The molecule has 0 bridgehead atoms. The topological polar surface area (TPSA) is 52.1 Å². The Bertz CT molecular complexity index is 639. The zero-order chi connectivity index (χ0) is 20.5. The molecule has 0 aliphatic carbocycles. The van der Waals surface area contributed by atoms with Crippen LogP contribution in [0.4, 0.5) is 8.78 Å². The summed E-state index contributed by atoms with van der Waals surface area (Å²) in [6.07, 6.45) is 0. The number of hydrogen-bond donors (Lipinski definition) is 2. The van der Waals surface area contributed by atoms with Crippen molar-refractivity contribution in [3.8, 4) is 5.75 Å². The maximum Gasteiger partial charge on any atom is 0.387 e. The minimum Gasteiger partial charge on any atom is -0.434 e. The molecule has 6 nitrogen and oxygen atoms in total. The van der Waals surface area contributed by atoms with Crippen molar-refractivity contribution < 1.29 is 13.5 Å². The van der Waals surface area contributed by atoms with Gasteiger partial charge in [-0.15, -0.1) is 0 Å². The molecule has 28 heavy (non-hydrogen) atoms. The minimum absolute atomic E-state index is 0.103. The fraction of sp³-hybridized carbons (Fsp3) is 0.632. The number of hydrogen-bond acceptors (Lipinski definition) is 4. The zero-order valence-corrected chi connectivity index (χ0v) is 17.5. The summed E-state index contributed by atoms with van der Waals surface area (Å²) in [6.45, 7) is 5.77. The van der Waals surface area contributed by atoms with Gasteiger partial charge in [0.25, 0.3) is 0 Å². The van der Waals surface area contributed by atoms with Gasteiger partial charge in [0.05, 0.1) is 0 Å². The van der Waals surface area contributed by atoms with Crippen molar-refractivity contribution in [2.45, 2.75) is 20.1 Å². The molecule has 1 aromatic rings. The molecule has 1 heterocycles. The highest BCUT2D eigenvalue weighted by Crippen LogP contribution is 2.24. The number of halogens is 3. The molecule has 1 aliphatic heterocycles. The van der Waals surface area contributed by atoms with Gasteiger partial charge in [0.15, 0.2) is 5.96 Å². The van der Waals surface area contributed by atoms with Gasteiger partial charge in [0.1, 0.15) is 5.75 Å². The maximum absolute atomic E-state index is 12.6. The van der Waals surface area contributed by atoms with Gasteiger partial charge >= 0.3 is 6.61 Å². The van der Waals surface area contributed by atoms with Crippen LogP contribution >= 0.6 is 11.6 Å². The number of benzene rings is 1. The van der Waals surface area contributed by atoms with Crippen LogP contribution in [0, 0.1) is 5.92 Å². The molecule has 0 amide bonds. The van der Waals surface area contributed by atoms with E-state index in [2.05, 4.69) is 44.1 Å². The minimum atomic E-state index is -2.88. The van der Waals surface area contributed by atoms with Crippen LogP contribution in [0.1, 0.15) is 12.5 Å². The van der Waals surface area contributed by atoms with E-state index in [-0.39, 0.29) is 12.3 Å². The van der Waals surface area contributed by atoms with Crippen molar-refractivity contribution in [1.82, 2.24) is 20.4 Å². The molecule has 1 aromatic carbocycles. The molecule has 1 aliphatic rings. The van der Waals surface area contributed by atoms with Crippen LogP contribution in [-0.4, -0.2) is 75.7 Å². The summed E-state index contributed by atoms with van der Waals surface area (Å²) in [5, 5.41) is 6.88. The van der Waals surface area contributed by atoms with Crippen LogP contribution in [-0.2, 0) is 6.54 Å². The number of aliphatic imine (C=N–C) groups is 1. The molecule has 158 valence electrons. The normalized spacial score (nSPS) is 17.6.